The van der Waals surface area contributed by atoms with Gasteiger partial charge < -0.3 is 13.9 Å². The monoisotopic (exact) mass is 319 g/mol. The van der Waals surface area contributed by atoms with Crippen molar-refractivity contribution in [3.05, 3.63) is 36.0 Å². The van der Waals surface area contributed by atoms with E-state index in [4.69, 9.17) is 4.42 Å². The number of aryl methyl sites for hydroxylation is 1. The zero-order chi connectivity index (χ0) is 15.5. The first-order chi connectivity index (χ1) is 10.6. The summed E-state index contributed by atoms with van der Waals surface area (Å²) in [7, 11) is 1.96. The molecule has 1 amide bonds. The number of aromatic nitrogens is 2. The van der Waals surface area contributed by atoms with E-state index in [-0.39, 0.29) is 5.91 Å². The Morgan fingerprint density at radius 1 is 1.45 bits per heavy atom. The summed E-state index contributed by atoms with van der Waals surface area (Å²) in [5.74, 6) is 1.94. The normalized spacial score (nSPS) is 18.6. The van der Waals surface area contributed by atoms with Crippen LogP contribution in [0.1, 0.15) is 42.5 Å². The Morgan fingerprint density at radius 3 is 3.05 bits per heavy atom. The van der Waals surface area contributed by atoms with Gasteiger partial charge in [0.25, 0.3) is 5.91 Å². The minimum Gasteiger partial charge on any atom is -0.455 e. The second-order valence-corrected chi connectivity index (χ2v) is 6.66. The fourth-order valence-electron chi connectivity index (χ4n) is 2.74. The minimum absolute atomic E-state index is 0.0143. The minimum atomic E-state index is 0.0143. The zero-order valence-electron chi connectivity index (χ0n) is 13.0. The van der Waals surface area contributed by atoms with Crippen LogP contribution in [0.4, 0.5) is 0 Å². The zero-order valence-corrected chi connectivity index (χ0v) is 13.8. The van der Waals surface area contributed by atoms with Crippen molar-refractivity contribution in [3.8, 4) is 0 Å². The summed E-state index contributed by atoms with van der Waals surface area (Å²) >= 11 is 1.60. The molecule has 1 unspecified atom stereocenters. The van der Waals surface area contributed by atoms with E-state index >= 15 is 0 Å². The molecular weight excluding hydrogens is 298 g/mol. The highest BCUT2D eigenvalue weighted by atomic mass is 32.2. The molecule has 1 saturated heterocycles. The predicted octanol–water partition coefficient (Wildman–Crippen LogP) is 3.32. The molecule has 0 aliphatic carbocycles. The Hall–Kier alpha value is -1.69. The molecule has 2 aromatic heterocycles. The Morgan fingerprint density at radius 2 is 2.32 bits per heavy atom. The van der Waals surface area contributed by atoms with Gasteiger partial charge in [-0.3, -0.25) is 4.79 Å². The summed E-state index contributed by atoms with van der Waals surface area (Å²) in [5, 5.41) is 0.939. The molecule has 0 spiro atoms. The predicted molar refractivity (Wildman–Crippen MR) is 85.8 cm³/mol. The molecule has 0 bridgehead atoms. The number of likely N-dealkylation sites (tertiary alicyclic amines) is 1. The maximum Gasteiger partial charge on any atom is 0.289 e. The molecule has 5 nitrogen and oxygen atoms in total. The molecule has 0 aromatic carbocycles. The topological polar surface area (TPSA) is 51.3 Å². The van der Waals surface area contributed by atoms with Crippen molar-refractivity contribution >= 4 is 17.7 Å². The lowest BCUT2D eigenvalue weighted by Gasteiger charge is -2.32. The third-order valence-electron chi connectivity index (χ3n) is 4.06. The molecule has 3 rings (SSSR count). The van der Waals surface area contributed by atoms with E-state index in [1.807, 2.05) is 28.8 Å². The molecule has 0 radical (unpaired) electrons. The van der Waals surface area contributed by atoms with Crippen molar-refractivity contribution in [2.75, 3.05) is 6.54 Å². The van der Waals surface area contributed by atoms with Crippen LogP contribution in [0.25, 0.3) is 0 Å². The highest BCUT2D eigenvalue weighted by molar-refractivity contribution is 7.98. The quantitative estimate of drug-likeness (QED) is 0.811. The average molecular weight is 319 g/mol. The number of piperidine rings is 1. The second-order valence-electron chi connectivity index (χ2n) is 5.72. The number of thioether (sulfide) groups is 1. The van der Waals surface area contributed by atoms with Gasteiger partial charge in [0, 0.05) is 32.0 Å². The van der Waals surface area contributed by atoms with Gasteiger partial charge in [-0.1, -0.05) is 11.8 Å². The van der Waals surface area contributed by atoms with Crippen molar-refractivity contribution in [1.82, 2.24) is 14.5 Å². The largest absolute Gasteiger partial charge is 0.455 e. The highest BCUT2D eigenvalue weighted by Gasteiger charge is 2.26. The molecule has 1 aliphatic rings. The molecule has 0 saturated carbocycles. The van der Waals surface area contributed by atoms with Crippen LogP contribution in [-0.4, -0.2) is 32.9 Å². The average Bonchev–Trinajstić information content (AvgIpc) is 3.14. The lowest BCUT2D eigenvalue weighted by atomic mass is 10.0. The number of carbonyl (C=O) groups excluding carboxylic acids is 1. The SMILES string of the molecule is CC1CCCCN1C(=O)c1ccc(CSc2nccn2C)o1. The summed E-state index contributed by atoms with van der Waals surface area (Å²) in [6.07, 6.45) is 7.05. The van der Waals surface area contributed by atoms with E-state index in [1.165, 1.54) is 6.42 Å². The number of nitrogens with zero attached hydrogens (tertiary/aromatic N) is 3. The van der Waals surface area contributed by atoms with E-state index in [1.54, 1.807) is 24.0 Å². The third-order valence-corrected chi connectivity index (χ3v) is 5.14. The second kappa shape index (κ2) is 6.60. The van der Waals surface area contributed by atoms with Gasteiger partial charge in [-0.05, 0) is 38.3 Å². The summed E-state index contributed by atoms with van der Waals surface area (Å²) in [4.78, 5) is 18.7. The van der Waals surface area contributed by atoms with Crippen LogP contribution >= 0.6 is 11.8 Å². The maximum atomic E-state index is 12.5. The molecular formula is C16H21N3O2S. The molecule has 0 N–H and O–H groups in total. The van der Waals surface area contributed by atoms with E-state index in [0.29, 0.717) is 17.6 Å². The van der Waals surface area contributed by atoms with E-state index < -0.39 is 0 Å². The van der Waals surface area contributed by atoms with E-state index in [0.717, 1.165) is 30.3 Å². The number of amides is 1. The van der Waals surface area contributed by atoms with Gasteiger partial charge in [-0.2, -0.15) is 0 Å². The number of hydrogen-bond acceptors (Lipinski definition) is 4. The van der Waals surface area contributed by atoms with Gasteiger partial charge in [0.05, 0.1) is 5.75 Å². The lowest BCUT2D eigenvalue weighted by molar-refractivity contribution is 0.0601. The molecule has 2 aromatic rings. The Labute approximate surface area is 134 Å². The summed E-state index contributed by atoms with van der Waals surface area (Å²) < 4.78 is 7.70. The van der Waals surface area contributed by atoms with Gasteiger partial charge in [-0.15, -0.1) is 0 Å². The van der Waals surface area contributed by atoms with Crippen molar-refractivity contribution in [3.63, 3.8) is 0 Å². The number of imidazole rings is 1. The van der Waals surface area contributed by atoms with Gasteiger partial charge >= 0.3 is 0 Å². The van der Waals surface area contributed by atoms with Crippen LogP contribution in [0.15, 0.2) is 34.1 Å². The van der Waals surface area contributed by atoms with Crippen LogP contribution in [0, 0.1) is 0 Å². The maximum absolute atomic E-state index is 12.5. The molecule has 3 heterocycles. The van der Waals surface area contributed by atoms with Crippen LogP contribution in [0.5, 0.6) is 0 Å². The molecule has 1 fully saturated rings. The van der Waals surface area contributed by atoms with Crippen molar-refractivity contribution in [1.29, 1.82) is 0 Å². The Bertz CT molecular complexity index is 649. The first kappa shape index (κ1) is 15.2. The molecule has 22 heavy (non-hydrogen) atoms. The number of hydrogen-bond donors (Lipinski definition) is 0. The summed E-state index contributed by atoms with van der Waals surface area (Å²) in [6.45, 7) is 2.94. The fraction of sp³-hybridized carbons (Fsp3) is 0.500. The molecule has 118 valence electrons. The van der Waals surface area contributed by atoms with Crippen molar-refractivity contribution in [2.45, 2.75) is 43.1 Å². The smallest absolute Gasteiger partial charge is 0.289 e. The molecule has 1 atom stereocenters. The number of furan rings is 1. The van der Waals surface area contributed by atoms with Crippen LogP contribution < -0.4 is 0 Å². The first-order valence-electron chi connectivity index (χ1n) is 7.65. The fourth-order valence-corrected chi connectivity index (χ4v) is 3.56. The van der Waals surface area contributed by atoms with Gasteiger partial charge in [0.15, 0.2) is 10.9 Å². The van der Waals surface area contributed by atoms with Gasteiger partial charge in [-0.25, -0.2) is 4.98 Å². The van der Waals surface area contributed by atoms with Gasteiger partial charge in [0.2, 0.25) is 0 Å². The van der Waals surface area contributed by atoms with Crippen molar-refractivity contribution < 1.29 is 9.21 Å². The van der Waals surface area contributed by atoms with Crippen LogP contribution in [-0.2, 0) is 12.8 Å². The number of rotatable bonds is 4. The van der Waals surface area contributed by atoms with Crippen molar-refractivity contribution in [2.24, 2.45) is 7.05 Å². The lowest BCUT2D eigenvalue weighted by Crippen LogP contribution is -2.41. The summed E-state index contributed by atoms with van der Waals surface area (Å²) in [5.41, 5.74) is 0. The molecule has 6 heteroatoms. The van der Waals surface area contributed by atoms with Gasteiger partial charge in [0.1, 0.15) is 5.76 Å². The van der Waals surface area contributed by atoms with Crippen LogP contribution in [0.2, 0.25) is 0 Å². The first-order valence-corrected chi connectivity index (χ1v) is 8.63. The third kappa shape index (κ3) is 3.21. The van der Waals surface area contributed by atoms with E-state index in [2.05, 4.69) is 11.9 Å². The summed E-state index contributed by atoms with van der Waals surface area (Å²) in [6, 6.07) is 3.98. The highest BCUT2D eigenvalue weighted by Crippen LogP contribution is 2.24. The van der Waals surface area contributed by atoms with E-state index in [9.17, 15) is 4.79 Å². The Balaban J connectivity index is 1.63. The number of carbonyl (C=O) groups is 1. The van der Waals surface area contributed by atoms with Crippen LogP contribution in [0.3, 0.4) is 0 Å². The Kier molecular flexibility index (Phi) is 4.57. The standard InChI is InChI=1S/C16H21N3O2S/c1-12-5-3-4-9-19(12)15(20)14-7-6-13(21-14)11-22-16-17-8-10-18(16)2/h6-8,10,12H,3-5,9,11H2,1-2H3. The molecule has 1 aliphatic heterocycles.